The molecule has 2 aliphatic heterocycles. The third kappa shape index (κ3) is 2.65. The lowest BCUT2D eigenvalue weighted by Crippen LogP contribution is -2.40. The van der Waals surface area contributed by atoms with Gasteiger partial charge in [-0.05, 0) is 31.1 Å². The number of hydrogen-bond donors (Lipinski definition) is 1. The van der Waals surface area contributed by atoms with E-state index in [1.807, 2.05) is 0 Å². The van der Waals surface area contributed by atoms with E-state index in [0.717, 1.165) is 12.0 Å². The van der Waals surface area contributed by atoms with Crippen LogP contribution in [-0.2, 0) is 0 Å². The van der Waals surface area contributed by atoms with E-state index in [4.69, 9.17) is 0 Å². The number of nitrogens with zero attached hydrogens (tertiary/aromatic N) is 1. The average Bonchev–Trinajstić information content (AvgIpc) is 2.60. The minimum absolute atomic E-state index is 0.815. The Bertz CT molecular complexity index is 161. The smallest absolute Gasteiger partial charge is 0.0235 e. The van der Waals surface area contributed by atoms with Crippen LogP contribution in [0.5, 0.6) is 0 Å². The minimum Gasteiger partial charge on any atom is -0.312 e. The van der Waals surface area contributed by atoms with E-state index in [0.29, 0.717) is 0 Å². The molecule has 0 aliphatic carbocycles. The molecule has 2 atom stereocenters. The molecule has 0 aromatic carbocycles. The Hall–Kier alpha value is 0.270. The lowest BCUT2D eigenvalue weighted by molar-refractivity contribution is 0.332. The molecule has 3 heteroatoms. The molecule has 0 unspecified atom stereocenters. The van der Waals surface area contributed by atoms with Gasteiger partial charge in [0.2, 0.25) is 0 Å². The van der Waals surface area contributed by atoms with Crippen LogP contribution in [0.3, 0.4) is 0 Å². The zero-order valence-electron chi connectivity index (χ0n) is 9.17. The Labute approximate surface area is 91.8 Å². The summed E-state index contributed by atoms with van der Waals surface area (Å²) in [5.41, 5.74) is 0. The van der Waals surface area contributed by atoms with Crippen molar-refractivity contribution in [1.29, 1.82) is 0 Å². The van der Waals surface area contributed by atoms with Crippen LogP contribution in [-0.4, -0.2) is 48.6 Å². The molecule has 82 valence electrons. The lowest BCUT2D eigenvalue weighted by Gasteiger charge is -2.24. The predicted octanol–water partition coefficient (Wildman–Crippen LogP) is 1.42. The second kappa shape index (κ2) is 5.38. The van der Waals surface area contributed by atoms with Gasteiger partial charge in [-0.3, -0.25) is 0 Å². The van der Waals surface area contributed by atoms with Gasteiger partial charge in [-0.15, -0.1) is 0 Å². The summed E-state index contributed by atoms with van der Waals surface area (Å²) >= 11 is 2.07. The zero-order chi connectivity index (χ0) is 9.80. The molecule has 14 heavy (non-hydrogen) atoms. The highest BCUT2D eigenvalue weighted by Gasteiger charge is 2.33. The number of hydrogen-bond acceptors (Lipinski definition) is 3. The summed E-state index contributed by atoms with van der Waals surface area (Å²) in [6.07, 6.45) is 2.84. The average molecular weight is 214 g/mol. The van der Waals surface area contributed by atoms with Gasteiger partial charge in [0.15, 0.2) is 0 Å². The summed E-state index contributed by atoms with van der Waals surface area (Å²) in [6.45, 7) is 7.44. The van der Waals surface area contributed by atoms with Gasteiger partial charge in [-0.1, -0.05) is 6.92 Å². The lowest BCUT2D eigenvalue weighted by atomic mass is 9.94. The van der Waals surface area contributed by atoms with Crippen molar-refractivity contribution in [2.24, 2.45) is 5.92 Å². The first-order chi connectivity index (χ1) is 6.90. The maximum atomic E-state index is 3.65. The van der Waals surface area contributed by atoms with Crippen molar-refractivity contribution in [3.05, 3.63) is 0 Å². The number of likely N-dealkylation sites (tertiary alicyclic amines) is 1. The van der Waals surface area contributed by atoms with Gasteiger partial charge in [0, 0.05) is 31.4 Å². The quantitative estimate of drug-likeness (QED) is 0.713. The number of thioether (sulfide) groups is 1. The van der Waals surface area contributed by atoms with E-state index in [2.05, 4.69) is 28.9 Å². The van der Waals surface area contributed by atoms with Crippen molar-refractivity contribution in [1.82, 2.24) is 10.2 Å². The van der Waals surface area contributed by atoms with Gasteiger partial charge in [0.05, 0.1) is 0 Å². The van der Waals surface area contributed by atoms with Gasteiger partial charge >= 0.3 is 0 Å². The van der Waals surface area contributed by atoms with Crippen LogP contribution in [0.2, 0.25) is 0 Å². The SMILES string of the molecule is CCSCCN1C[C@@H]2CCCN[C@@H]2C1. The highest BCUT2D eigenvalue weighted by molar-refractivity contribution is 7.99. The van der Waals surface area contributed by atoms with Crippen LogP contribution in [0.25, 0.3) is 0 Å². The molecule has 0 amide bonds. The van der Waals surface area contributed by atoms with Crippen LogP contribution in [0, 0.1) is 5.92 Å². The minimum atomic E-state index is 0.815. The Morgan fingerprint density at radius 1 is 1.43 bits per heavy atom. The van der Waals surface area contributed by atoms with Gasteiger partial charge in [-0.25, -0.2) is 0 Å². The predicted molar refractivity (Wildman–Crippen MR) is 64.0 cm³/mol. The molecule has 2 nitrogen and oxygen atoms in total. The van der Waals surface area contributed by atoms with Crippen molar-refractivity contribution in [3.8, 4) is 0 Å². The second-order valence-electron chi connectivity index (χ2n) is 4.42. The number of piperidine rings is 1. The molecule has 0 spiro atoms. The Kier molecular flexibility index (Phi) is 4.14. The molecule has 1 N–H and O–H groups in total. The largest absolute Gasteiger partial charge is 0.312 e. The van der Waals surface area contributed by atoms with E-state index >= 15 is 0 Å². The standard InChI is InChI=1S/C11H22N2S/c1-2-14-7-6-13-8-10-4-3-5-12-11(10)9-13/h10-12H,2-9H2,1H3/t10-,11+/m0/s1. The van der Waals surface area contributed by atoms with Crippen molar-refractivity contribution < 1.29 is 0 Å². The fourth-order valence-corrected chi connectivity index (χ4v) is 3.33. The zero-order valence-corrected chi connectivity index (χ0v) is 9.98. The van der Waals surface area contributed by atoms with E-state index < -0.39 is 0 Å². The molecule has 2 aliphatic rings. The van der Waals surface area contributed by atoms with E-state index in [-0.39, 0.29) is 0 Å². The van der Waals surface area contributed by atoms with Crippen LogP contribution in [0.4, 0.5) is 0 Å². The highest BCUT2D eigenvalue weighted by Crippen LogP contribution is 2.24. The Balaban J connectivity index is 1.70. The van der Waals surface area contributed by atoms with Crippen LogP contribution >= 0.6 is 11.8 Å². The van der Waals surface area contributed by atoms with Crippen LogP contribution in [0.15, 0.2) is 0 Å². The second-order valence-corrected chi connectivity index (χ2v) is 5.81. The molecule has 0 radical (unpaired) electrons. The molecule has 2 heterocycles. The molecule has 0 saturated carbocycles. The highest BCUT2D eigenvalue weighted by atomic mass is 32.2. The van der Waals surface area contributed by atoms with Crippen molar-refractivity contribution in [2.75, 3.05) is 37.7 Å². The Morgan fingerprint density at radius 3 is 3.14 bits per heavy atom. The molecule has 0 aromatic heterocycles. The first-order valence-electron chi connectivity index (χ1n) is 5.93. The summed E-state index contributed by atoms with van der Waals surface area (Å²) in [5, 5.41) is 3.65. The molecular weight excluding hydrogens is 192 g/mol. The topological polar surface area (TPSA) is 15.3 Å². The molecule has 2 rings (SSSR count). The summed E-state index contributed by atoms with van der Waals surface area (Å²) in [7, 11) is 0. The first-order valence-corrected chi connectivity index (χ1v) is 7.09. The molecular formula is C11H22N2S. The van der Waals surface area contributed by atoms with Crippen molar-refractivity contribution >= 4 is 11.8 Å². The van der Waals surface area contributed by atoms with Gasteiger partial charge in [-0.2, -0.15) is 11.8 Å². The molecule has 2 fully saturated rings. The first kappa shape index (κ1) is 10.8. The fourth-order valence-electron chi connectivity index (χ4n) is 2.66. The van der Waals surface area contributed by atoms with E-state index in [1.165, 1.54) is 50.5 Å². The van der Waals surface area contributed by atoms with Crippen LogP contribution < -0.4 is 5.32 Å². The van der Waals surface area contributed by atoms with Crippen LogP contribution in [0.1, 0.15) is 19.8 Å². The van der Waals surface area contributed by atoms with E-state index in [9.17, 15) is 0 Å². The summed E-state index contributed by atoms with van der Waals surface area (Å²) in [6, 6.07) is 0.815. The molecule has 0 bridgehead atoms. The third-order valence-corrected chi connectivity index (χ3v) is 4.31. The Morgan fingerprint density at radius 2 is 2.36 bits per heavy atom. The maximum absolute atomic E-state index is 3.65. The fraction of sp³-hybridized carbons (Fsp3) is 1.00. The normalized spacial score (nSPS) is 33.2. The summed E-state index contributed by atoms with van der Waals surface area (Å²) in [4.78, 5) is 2.65. The monoisotopic (exact) mass is 214 g/mol. The number of fused-ring (bicyclic) bond motifs is 1. The van der Waals surface area contributed by atoms with Gasteiger partial charge in [0.1, 0.15) is 0 Å². The van der Waals surface area contributed by atoms with Gasteiger partial charge < -0.3 is 10.2 Å². The number of nitrogens with one attached hydrogen (secondary N) is 1. The number of rotatable bonds is 4. The van der Waals surface area contributed by atoms with E-state index in [1.54, 1.807) is 0 Å². The maximum Gasteiger partial charge on any atom is 0.0235 e. The van der Waals surface area contributed by atoms with Crippen molar-refractivity contribution in [3.63, 3.8) is 0 Å². The summed E-state index contributed by atoms with van der Waals surface area (Å²) in [5.74, 6) is 3.53. The van der Waals surface area contributed by atoms with Gasteiger partial charge in [0.25, 0.3) is 0 Å². The molecule has 2 saturated heterocycles. The summed E-state index contributed by atoms with van der Waals surface area (Å²) < 4.78 is 0. The third-order valence-electron chi connectivity index (χ3n) is 3.43. The molecule has 0 aromatic rings. The van der Waals surface area contributed by atoms with Crippen molar-refractivity contribution in [2.45, 2.75) is 25.8 Å².